The molecular formula is C38H61NO5Si2. The summed E-state index contributed by atoms with van der Waals surface area (Å²) in [4.78, 5) is 28.6. The zero-order chi connectivity index (χ0) is 34.5. The molecule has 2 aromatic rings. The monoisotopic (exact) mass is 667 g/mol. The SMILES string of the molecule is CC[C@@H](CCC[C@H](O[Si](c1ccccc1)(c1ccccc1)C(C)(C)C)[C@@H](C)C(=O)N1C(=O)OC[C@H]1C(C)C)O[Si](C)(C)C(C)(C)C. The first-order chi connectivity index (χ1) is 21.4. The first-order valence-electron chi connectivity index (χ1n) is 17.3. The largest absolute Gasteiger partial charge is 0.447 e. The van der Waals surface area contributed by atoms with Crippen LogP contribution < -0.4 is 10.4 Å². The lowest BCUT2D eigenvalue weighted by Crippen LogP contribution is -2.68. The minimum atomic E-state index is -2.98. The van der Waals surface area contributed by atoms with E-state index in [1.165, 1.54) is 15.3 Å². The Kier molecular flexibility index (Phi) is 12.7. The molecule has 0 N–H and O–H groups in total. The maximum absolute atomic E-state index is 14.3. The molecule has 2 aromatic carbocycles. The fourth-order valence-corrected chi connectivity index (χ4v) is 12.6. The van der Waals surface area contributed by atoms with E-state index in [-0.39, 0.29) is 40.7 Å². The van der Waals surface area contributed by atoms with Gasteiger partial charge in [0.15, 0.2) is 8.32 Å². The third-order valence-electron chi connectivity index (χ3n) is 10.3. The van der Waals surface area contributed by atoms with Gasteiger partial charge in [0.1, 0.15) is 6.61 Å². The second-order valence-electron chi connectivity index (χ2n) is 16.0. The third-order valence-corrected chi connectivity index (χ3v) is 19.9. The molecule has 0 bridgehead atoms. The molecule has 1 aliphatic rings. The molecule has 0 aliphatic carbocycles. The van der Waals surface area contributed by atoms with Gasteiger partial charge in [0.2, 0.25) is 5.91 Å². The topological polar surface area (TPSA) is 65.1 Å². The van der Waals surface area contributed by atoms with E-state index in [1.807, 2.05) is 32.9 Å². The van der Waals surface area contributed by atoms with Crippen molar-refractivity contribution in [2.75, 3.05) is 6.61 Å². The summed E-state index contributed by atoms with van der Waals surface area (Å²) in [7, 11) is -4.91. The van der Waals surface area contributed by atoms with E-state index in [0.717, 1.165) is 19.3 Å². The molecule has 0 aromatic heterocycles. The van der Waals surface area contributed by atoms with Gasteiger partial charge < -0.3 is 13.6 Å². The number of carbonyl (C=O) groups excluding carboxylic acids is 2. The van der Waals surface area contributed by atoms with Crippen molar-refractivity contribution in [1.82, 2.24) is 4.90 Å². The second-order valence-corrected chi connectivity index (χ2v) is 25.1. The molecule has 4 atom stereocenters. The number of imide groups is 1. The van der Waals surface area contributed by atoms with Crippen molar-refractivity contribution in [2.45, 2.75) is 136 Å². The average molecular weight is 668 g/mol. The smallest absolute Gasteiger partial charge is 0.416 e. The van der Waals surface area contributed by atoms with Crippen molar-refractivity contribution in [3.05, 3.63) is 60.7 Å². The summed E-state index contributed by atoms with van der Waals surface area (Å²) in [6, 6.07) is 20.8. The third kappa shape index (κ3) is 8.41. The zero-order valence-electron chi connectivity index (χ0n) is 30.7. The molecular weight excluding hydrogens is 607 g/mol. The van der Waals surface area contributed by atoms with Gasteiger partial charge in [-0.05, 0) is 65.1 Å². The predicted octanol–water partition coefficient (Wildman–Crippen LogP) is 8.54. The number of carbonyl (C=O) groups is 2. The quantitative estimate of drug-likeness (QED) is 0.189. The number of cyclic esters (lactones) is 1. The molecule has 2 amide bonds. The highest BCUT2D eigenvalue weighted by molar-refractivity contribution is 6.99. The number of rotatable bonds is 14. The van der Waals surface area contributed by atoms with E-state index in [1.54, 1.807) is 0 Å². The van der Waals surface area contributed by atoms with Crippen molar-refractivity contribution in [3.8, 4) is 0 Å². The van der Waals surface area contributed by atoms with E-state index in [0.29, 0.717) is 6.42 Å². The summed E-state index contributed by atoms with van der Waals surface area (Å²) in [6.45, 7) is 26.7. The number of nitrogens with zero attached hydrogens (tertiary/aromatic N) is 1. The van der Waals surface area contributed by atoms with Gasteiger partial charge in [-0.15, -0.1) is 0 Å². The standard InChI is InChI=1S/C38H61NO5Si2/c1-13-30(43-45(11,12)37(5,6)7)21-20-26-34(29(4)35(40)39-33(28(2)3)27-42-36(39)41)44-46(38(8,9)10,31-22-16-14-17-23-31)32-24-18-15-19-25-32/h14-19,22-25,28-30,33-34H,13,20-21,26-27H2,1-12H3/t29-,30+,33+,34+/m1/s1. The zero-order valence-corrected chi connectivity index (χ0v) is 32.7. The van der Waals surface area contributed by atoms with Crippen molar-refractivity contribution >= 4 is 39.0 Å². The Morgan fingerprint density at radius 2 is 1.39 bits per heavy atom. The van der Waals surface area contributed by atoms with E-state index >= 15 is 0 Å². The van der Waals surface area contributed by atoms with Crippen molar-refractivity contribution in [2.24, 2.45) is 11.8 Å². The van der Waals surface area contributed by atoms with Crippen LogP contribution in [0.25, 0.3) is 0 Å². The van der Waals surface area contributed by atoms with Crippen LogP contribution in [0.1, 0.15) is 94.9 Å². The summed E-state index contributed by atoms with van der Waals surface area (Å²) in [5.74, 6) is -0.667. The minimum absolute atomic E-state index is 0.0939. The van der Waals surface area contributed by atoms with E-state index in [4.69, 9.17) is 13.6 Å². The first-order valence-corrected chi connectivity index (χ1v) is 22.2. The normalized spacial score (nSPS) is 18.4. The van der Waals surface area contributed by atoms with Crippen LogP contribution in [0.2, 0.25) is 23.2 Å². The highest BCUT2D eigenvalue weighted by atomic mass is 28.4. The molecule has 256 valence electrons. The fourth-order valence-electron chi connectivity index (χ4n) is 6.37. The van der Waals surface area contributed by atoms with Crippen LogP contribution in [0.15, 0.2) is 60.7 Å². The van der Waals surface area contributed by atoms with Gasteiger partial charge in [0, 0.05) is 6.10 Å². The Morgan fingerprint density at radius 1 is 0.870 bits per heavy atom. The molecule has 6 nitrogen and oxygen atoms in total. The molecule has 1 fully saturated rings. The number of amides is 2. The average Bonchev–Trinajstić information content (AvgIpc) is 3.38. The maximum atomic E-state index is 14.3. The molecule has 46 heavy (non-hydrogen) atoms. The van der Waals surface area contributed by atoms with Crippen LogP contribution in [-0.2, 0) is 18.4 Å². The lowest BCUT2D eigenvalue weighted by atomic mass is 9.95. The molecule has 8 heteroatoms. The van der Waals surface area contributed by atoms with E-state index in [2.05, 4.69) is 110 Å². The number of hydrogen-bond acceptors (Lipinski definition) is 5. The summed E-state index contributed by atoms with van der Waals surface area (Å²) < 4.78 is 19.9. The van der Waals surface area contributed by atoms with Gasteiger partial charge >= 0.3 is 6.09 Å². The van der Waals surface area contributed by atoms with Gasteiger partial charge in [0.25, 0.3) is 8.32 Å². The van der Waals surface area contributed by atoms with Crippen LogP contribution in [0.3, 0.4) is 0 Å². The first kappa shape index (κ1) is 38.2. The summed E-state index contributed by atoms with van der Waals surface area (Å²) in [5, 5.41) is 2.23. The Morgan fingerprint density at radius 3 is 1.83 bits per heavy atom. The van der Waals surface area contributed by atoms with Gasteiger partial charge in [-0.3, -0.25) is 4.79 Å². The summed E-state index contributed by atoms with van der Waals surface area (Å²) in [5.41, 5.74) is 0. The van der Waals surface area contributed by atoms with Crippen LogP contribution in [0, 0.1) is 11.8 Å². The predicted molar refractivity (Wildman–Crippen MR) is 195 cm³/mol. The van der Waals surface area contributed by atoms with Crippen LogP contribution in [-0.4, -0.2) is 58.4 Å². The van der Waals surface area contributed by atoms with Gasteiger partial charge in [-0.25, -0.2) is 9.69 Å². The number of ether oxygens (including phenoxy) is 1. The lowest BCUT2D eigenvalue weighted by Gasteiger charge is -2.46. The second kappa shape index (κ2) is 15.3. The van der Waals surface area contributed by atoms with Gasteiger partial charge in [-0.2, -0.15) is 0 Å². The number of hydrogen-bond donors (Lipinski definition) is 0. The Balaban J connectivity index is 2.06. The highest BCUT2D eigenvalue weighted by Crippen LogP contribution is 2.41. The van der Waals surface area contributed by atoms with Crippen molar-refractivity contribution in [3.63, 3.8) is 0 Å². The van der Waals surface area contributed by atoms with E-state index < -0.39 is 34.7 Å². The van der Waals surface area contributed by atoms with Crippen LogP contribution >= 0.6 is 0 Å². The molecule has 0 radical (unpaired) electrons. The van der Waals surface area contributed by atoms with Crippen LogP contribution in [0.4, 0.5) is 4.79 Å². The summed E-state index contributed by atoms with van der Waals surface area (Å²) in [6.07, 6.45) is 2.57. The van der Waals surface area contributed by atoms with Crippen molar-refractivity contribution in [1.29, 1.82) is 0 Å². The number of benzene rings is 2. The molecule has 0 saturated carbocycles. The highest BCUT2D eigenvalue weighted by Gasteiger charge is 2.53. The molecule has 0 unspecified atom stereocenters. The summed E-state index contributed by atoms with van der Waals surface area (Å²) >= 11 is 0. The van der Waals surface area contributed by atoms with E-state index in [9.17, 15) is 9.59 Å². The minimum Gasteiger partial charge on any atom is -0.447 e. The molecule has 3 rings (SSSR count). The van der Waals surface area contributed by atoms with Crippen molar-refractivity contribution < 1.29 is 23.2 Å². The molecule has 1 saturated heterocycles. The Labute approximate surface area is 281 Å². The fraction of sp³-hybridized carbons (Fsp3) is 0.632. The Hall–Kier alpha value is -2.27. The molecule has 1 heterocycles. The molecule has 0 spiro atoms. The maximum Gasteiger partial charge on any atom is 0.416 e. The van der Waals surface area contributed by atoms with Gasteiger partial charge in [-0.1, -0.05) is 130 Å². The van der Waals surface area contributed by atoms with Crippen LogP contribution in [0.5, 0.6) is 0 Å². The molecule has 1 aliphatic heterocycles. The van der Waals surface area contributed by atoms with Gasteiger partial charge in [0.05, 0.1) is 18.1 Å². The lowest BCUT2D eigenvalue weighted by molar-refractivity contribution is -0.136. The Bertz CT molecular complexity index is 1230.